The minimum Gasteiger partial charge on any atom is -0.309 e. The second-order valence-electron chi connectivity index (χ2n) is 7.86. The molecule has 0 aromatic heterocycles. The molecule has 1 aliphatic rings. The van der Waals surface area contributed by atoms with E-state index in [1.165, 1.54) is 24.3 Å². The largest absolute Gasteiger partial charge is 0.309 e. The van der Waals surface area contributed by atoms with Crippen LogP contribution < -0.4 is 9.80 Å². The number of anilines is 2. The van der Waals surface area contributed by atoms with Crippen molar-refractivity contribution >= 4 is 28.9 Å². The van der Waals surface area contributed by atoms with Gasteiger partial charge in [0, 0.05) is 42.0 Å². The number of benzene rings is 3. The molecule has 3 aromatic rings. The number of carbonyl (C=O) groups is 2. The summed E-state index contributed by atoms with van der Waals surface area (Å²) >= 11 is 0. The van der Waals surface area contributed by atoms with Gasteiger partial charge in [-0.2, -0.15) is 0 Å². The highest BCUT2D eigenvalue weighted by atomic mass is 16.6. The summed E-state index contributed by atoms with van der Waals surface area (Å²) in [6.07, 6.45) is 0.560. The van der Waals surface area contributed by atoms with E-state index in [-0.39, 0.29) is 29.6 Å². The summed E-state index contributed by atoms with van der Waals surface area (Å²) < 4.78 is 0. The summed E-state index contributed by atoms with van der Waals surface area (Å²) in [7, 11) is 0. The van der Waals surface area contributed by atoms with Crippen LogP contribution in [0.25, 0.3) is 0 Å². The Kier molecular flexibility index (Phi) is 5.73. The Morgan fingerprint density at radius 1 is 0.969 bits per heavy atom. The van der Waals surface area contributed by atoms with Crippen LogP contribution >= 0.6 is 0 Å². The van der Waals surface area contributed by atoms with Crippen molar-refractivity contribution in [2.24, 2.45) is 0 Å². The molecule has 0 aliphatic carbocycles. The Bertz CT molecular complexity index is 1160. The molecule has 7 nitrogen and oxygen atoms in total. The average molecular weight is 429 g/mol. The molecule has 3 aromatic carbocycles. The van der Waals surface area contributed by atoms with Crippen LogP contribution in [0.3, 0.4) is 0 Å². The number of fused-ring (bicyclic) bond motifs is 1. The van der Waals surface area contributed by atoms with E-state index >= 15 is 0 Å². The summed E-state index contributed by atoms with van der Waals surface area (Å²) in [6, 6.07) is 22.2. The van der Waals surface area contributed by atoms with Crippen LogP contribution in [0.2, 0.25) is 0 Å². The molecule has 0 spiro atoms. The van der Waals surface area contributed by atoms with Gasteiger partial charge in [-0.15, -0.1) is 0 Å². The number of nitrogens with zero attached hydrogens (tertiary/aromatic N) is 3. The molecule has 32 heavy (non-hydrogen) atoms. The first-order chi connectivity index (χ1) is 15.4. The smallest absolute Gasteiger partial charge is 0.269 e. The van der Waals surface area contributed by atoms with Gasteiger partial charge in [-0.3, -0.25) is 19.7 Å². The van der Waals surface area contributed by atoms with E-state index in [4.69, 9.17) is 0 Å². The fourth-order valence-electron chi connectivity index (χ4n) is 4.40. The molecule has 4 rings (SSSR count). The lowest BCUT2D eigenvalue weighted by Crippen LogP contribution is -2.47. The minimum atomic E-state index is -0.487. The third kappa shape index (κ3) is 3.85. The number of nitro benzene ring substituents is 1. The highest BCUT2D eigenvalue weighted by Crippen LogP contribution is 2.42. The topological polar surface area (TPSA) is 83.8 Å². The lowest BCUT2D eigenvalue weighted by atomic mass is 9.89. The van der Waals surface area contributed by atoms with Crippen molar-refractivity contribution in [2.75, 3.05) is 9.80 Å². The van der Waals surface area contributed by atoms with Gasteiger partial charge in [-0.25, -0.2) is 0 Å². The van der Waals surface area contributed by atoms with Gasteiger partial charge in [-0.05, 0) is 49.2 Å². The summed E-state index contributed by atoms with van der Waals surface area (Å²) in [6.45, 7) is 3.52. The van der Waals surface area contributed by atoms with Crippen LogP contribution in [-0.2, 0) is 4.79 Å². The number of rotatable bonds is 4. The van der Waals surface area contributed by atoms with Crippen LogP contribution in [0.4, 0.5) is 17.1 Å². The van der Waals surface area contributed by atoms with E-state index in [9.17, 15) is 19.7 Å². The molecule has 2 amide bonds. The Balaban J connectivity index is 1.83. The highest BCUT2D eigenvalue weighted by Gasteiger charge is 2.38. The van der Waals surface area contributed by atoms with Gasteiger partial charge in [0.15, 0.2) is 0 Å². The molecular formula is C25H23N3O4. The highest BCUT2D eigenvalue weighted by molar-refractivity contribution is 6.07. The maximum Gasteiger partial charge on any atom is 0.269 e. The Morgan fingerprint density at radius 2 is 1.59 bits per heavy atom. The van der Waals surface area contributed by atoms with Crippen molar-refractivity contribution in [2.45, 2.75) is 32.4 Å². The van der Waals surface area contributed by atoms with E-state index in [0.717, 1.165) is 16.9 Å². The Labute approximate surface area is 186 Å². The number of non-ortho nitro benzene ring substituents is 1. The zero-order chi connectivity index (χ0) is 22.8. The van der Waals surface area contributed by atoms with E-state index in [0.29, 0.717) is 12.0 Å². The van der Waals surface area contributed by atoms with Crippen LogP contribution in [0.15, 0.2) is 78.9 Å². The summed E-state index contributed by atoms with van der Waals surface area (Å²) in [5.41, 5.74) is 2.69. The monoisotopic (exact) mass is 429 g/mol. The summed E-state index contributed by atoms with van der Waals surface area (Å²) in [4.78, 5) is 40.1. The molecule has 0 radical (unpaired) electrons. The molecule has 1 heterocycles. The SMILES string of the molecule is CC(=O)N1c2ccccc2C(N(C(=O)c2ccc([N+](=O)[O-])cc2)c2ccccc2)CC1C. The molecule has 2 atom stereocenters. The third-order valence-corrected chi connectivity index (χ3v) is 5.79. The molecular weight excluding hydrogens is 406 g/mol. The van der Waals surface area contributed by atoms with Crippen molar-refractivity contribution < 1.29 is 14.5 Å². The van der Waals surface area contributed by atoms with Gasteiger partial charge in [0.25, 0.3) is 11.6 Å². The third-order valence-electron chi connectivity index (χ3n) is 5.79. The van der Waals surface area contributed by atoms with E-state index < -0.39 is 4.92 Å². The lowest BCUT2D eigenvalue weighted by Gasteiger charge is -2.43. The second kappa shape index (κ2) is 8.63. The van der Waals surface area contributed by atoms with Crippen molar-refractivity contribution in [3.8, 4) is 0 Å². The predicted molar refractivity (Wildman–Crippen MR) is 123 cm³/mol. The molecule has 162 valence electrons. The summed E-state index contributed by atoms with van der Waals surface area (Å²) in [5.74, 6) is -0.300. The van der Waals surface area contributed by atoms with Crippen molar-refractivity contribution in [3.63, 3.8) is 0 Å². The first-order valence-electron chi connectivity index (χ1n) is 10.4. The van der Waals surface area contributed by atoms with Gasteiger partial charge in [0.2, 0.25) is 5.91 Å². The zero-order valence-electron chi connectivity index (χ0n) is 17.8. The maximum atomic E-state index is 13.7. The van der Waals surface area contributed by atoms with E-state index in [1.807, 2.05) is 61.5 Å². The first-order valence-corrected chi connectivity index (χ1v) is 10.4. The fourth-order valence-corrected chi connectivity index (χ4v) is 4.40. The quantitative estimate of drug-likeness (QED) is 0.425. The second-order valence-corrected chi connectivity index (χ2v) is 7.86. The first kappa shape index (κ1) is 21.2. The van der Waals surface area contributed by atoms with E-state index in [2.05, 4.69) is 0 Å². The van der Waals surface area contributed by atoms with Crippen molar-refractivity contribution in [1.82, 2.24) is 0 Å². The molecule has 1 aliphatic heterocycles. The van der Waals surface area contributed by atoms with Gasteiger partial charge in [0.05, 0.1) is 11.0 Å². The standard InChI is InChI=1S/C25H23N3O4/c1-17-16-24(22-10-6-7-11-23(22)26(17)18(2)29)27(20-8-4-3-5-9-20)25(30)19-12-14-21(15-13-19)28(31)32/h3-15,17,24H,16H2,1-2H3. The molecule has 0 saturated carbocycles. The molecule has 0 bridgehead atoms. The summed E-state index contributed by atoms with van der Waals surface area (Å²) in [5, 5.41) is 11.0. The number of para-hydroxylation sites is 2. The number of carbonyl (C=O) groups excluding carboxylic acids is 2. The van der Waals surface area contributed by atoms with Gasteiger partial charge >= 0.3 is 0 Å². The number of nitro groups is 1. The molecule has 2 unspecified atom stereocenters. The molecule has 0 fully saturated rings. The lowest BCUT2D eigenvalue weighted by molar-refractivity contribution is -0.384. The number of hydrogen-bond acceptors (Lipinski definition) is 4. The molecule has 0 N–H and O–H groups in total. The average Bonchev–Trinajstić information content (AvgIpc) is 2.79. The van der Waals surface area contributed by atoms with Crippen molar-refractivity contribution in [1.29, 1.82) is 0 Å². The fraction of sp³-hybridized carbons (Fsp3) is 0.200. The van der Waals surface area contributed by atoms with Gasteiger partial charge in [0.1, 0.15) is 0 Å². The van der Waals surface area contributed by atoms with Crippen LogP contribution in [0.1, 0.15) is 42.2 Å². The maximum absolute atomic E-state index is 13.7. The van der Waals surface area contributed by atoms with Crippen LogP contribution in [-0.4, -0.2) is 22.8 Å². The number of amides is 2. The Hall–Kier alpha value is -4.00. The molecule has 0 saturated heterocycles. The minimum absolute atomic E-state index is 0.0450. The van der Waals surface area contributed by atoms with Crippen LogP contribution in [0.5, 0.6) is 0 Å². The van der Waals surface area contributed by atoms with E-state index in [1.54, 1.807) is 16.7 Å². The van der Waals surface area contributed by atoms with Gasteiger partial charge < -0.3 is 9.80 Å². The zero-order valence-corrected chi connectivity index (χ0v) is 17.8. The van der Waals surface area contributed by atoms with Gasteiger partial charge in [-0.1, -0.05) is 36.4 Å². The predicted octanol–water partition coefficient (Wildman–Crippen LogP) is 5.13. The van der Waals surface area contributed by atoms with Crippen molar-refractivity contribution in [3.05, 3.63) is 100 Å². The number of hydrogen-bond donors (Lipinski definition) is 0. The molecule has 7 heteroatoms. The van der Waals surface area contributed by atoms with Crippen LogP contribution in [0, 0.1) is 10.1 Å². The normalized spacial score (nSPS) is 17.4. The Morgan fingerprint density at radius 3 is 2.22 bits per heavy atom.